The fourth-order valence-corrected chi connectivity index (χ4v) is 2.33. The van der Waals surface area contributed by atoms with Crippen LogP contribution in [0.2, 0.25) is 0 Å². The highest BCUT2D eigenvalue weighted by Crippen LogP contribution is 2.30. The van der Waals surface area contributed by atoms with E-state index in [0.717, 1.165) is 6.07 Å². The second kappa shape index (κ2) is 6.41. The van der Waals surface area contributed by atoms with Crippen molar-refractivity contribution >= 4 is 17.0 Å². The number of halogens is 3. The third-order valence-electron chi connectivity index (χ3n) is 2.74. The molecule has 1 rings (SSSR count). The van der Waals surface area contributed by atoms with Gasteiger partial charge < -0.3 is 10.3 Å². The van der Waals surface area contributed by atoms with Gasteiger partial charge in [0.2, 0.25) is 0 Å². The van der Waals surface area contributed by atoms with E-state index in [1.165, 1.54) is 6.07 Å². The van der Waals surface area contributed by atoms with Crippen LogP contribution in [0.1, 0.15) is 45.0 Å². The maximum atomic E-state index is 12.7. The van der Waals surface area contributed by atoms with Gasteiger partial charge in [-0.3, -0.25) is 0 Å². The lowest BCUT2D eigenvalue weighted by molar-refractivity contribution is -0.141. The lowest BCUT2D eigenvalue weighted by Crippen LogP contribution is -2.40. The van der Waals surface area contributed by atoms with Crippen LogP contribution < -0.4 is 10.5 Å². The third kappa shape index (κ3) is 5.37. The molecular weight excluding hydrogens is 303 g/mol. The molecule has 1 aromatic heterocycles. The number of nitrogens with zero attached hydrogens (tertiary/aromatic N) is 1. The third-order valence-corrected chi connectivity index (χ3v) is 4.28. The molecule has 0 saturated heterocycles. The highest BCUT2D eigenvalue weighted by molar-refractivity contribution is 7.90. The predicted octanol–water partition coefficient (Wildman–Crippen LogP) is 2.84. The number of alkyl halides is 3. The molecule has 0 saturated carbocycles. The minimum absolute atomic E-state index is 0.0103. The lowest BCUT2D eigenvalue weighted by atomic mass is 10.1. The molecule has 2 atom stereocenters. The van der Waals surface area contributed by atoms with Gasteiger partial charge in [0.05, 0.1) is 0 Å². The first kappa shape index (κ1) is 18.1. The lowest BCUT2D eigenvalue weighted by Gasteiger charge is -2.25. The summed E-state index contributed by atoms with van der Waals surface area (Å²) in [4.78, 5) is 3.60. The van der Waals surface area contributed by atoms with Crippen LogP contribution in [0, 0.1) is 0 Å². The second-order valence-electron chi connectivity index (χ2n) is 5.84. The molecule has 120 valence electrons. The van der Waals surface area contributed by atoms with Gasteiger partial charge in [-0.15, -0.1) is 4.72 Å². The van der Waals surface area contributed by atoms with Crippen LogP contribution in [0.4, 0.5) is 18.9 Å². The number of hydrogen-bond donors (Lipinski definition) is 2. The number of pyridine rings is 1. The topological polar surface area (TPSA) is 74.0 Å². The highest BCUT2D eigenvalue weighted by atomic mass is 32.2. The number of aromatic nitrogens is 1. The molecule has 0 aliphatic carbocycles. The number of nitrogens with one attached hydrogen (secondary N) is 1. The Morgan fingerprint density at radius 2 is 1.90 bits per heavy atom. The zero-order chi connectivity index (χ0) is 16.4. The van der Waals surface area contributed by atoms with Gasteiger partial charge in [-0.1, -0.05) is 6.92 Å². The minimum atomic E-state index is -4.54. The van der Waals surface area contributed by atoms with Crippen LogP contribution in [0.5, 0.6) is 0 Å². The van der Waals surface area contributed by atoms with E-state index < -0.39 is 28.0 Å². The molecule has 3 N–H and O–H groups in total. The summed E-state index contributed by atoms with van der Waals surface area (Å²) in [5.74, 6) is -0.346. The summed E-state index contributed by atoms with van der Waals surface area (Å²) in [6, 6.07) is 2.21. The summed E-state index contributed by atoms with van der Waals surface area (Å²) in [5.41, 5.74) is 4.72. The number of hydrogen-bond acceptors (Lipinski definition) is 4. The molecule has 1 heterocycles. The Balaban J connectivity index is 2.84. The Bertz CT molecular complexity index is 489. The van der Waals surface area contributed by atoms with Crippen molar-refractivity contribution < 1.29 is 17.7 Å². The predicted molar refractivity (Wildman–Crippen MR) is 78.0 cm³/mol. The summed E-state index contributed by atoms with van der Waals surface area (Å²) in [6.07, 6.45) is -4.54. The van der Waals surface area contributed by atoms with Crippen molar-refractivity contribution in [1.29, 1.82) is 0 Å². The number of nitrogen functional groups attached to an aromatic ring is 1. The highest BCUT2D eigenvalue weighted by Gasteiger charge is 2.33. The van der Waals surface area contributed by atoms with E-state index in [4.69, 9.17) is 5.73 Å². The van der Waals surface area contributed by atoms with Crippen molar-refractivity contribution in [3.63, 3.8) is 0 Å². The SMILES string of the molecule is CC(CN[S@+]([O-])C(C)(C)C)c1cc(N)cc(C(F)(F)F)n1. The van der Waals surface area contributed by atoms with Crippen LogP contribution in [0.15, 0.2) is 12.1 Å². The van der Waals surface area contributed by atoms with Crippen LogP contribution in [-0.4, -0.2) is 20.8 Å². The van der Waals surface area contributed by atoms with E-state index in [0.29, 0.717) is 0 Å². The molecule has 0 radical (unpaired) electrons. The van der Waals surface area contributed by atoms with Gasteiger partial charge in [-0.2, -0.15) is 13.2 Å². The van der Waals surface area contributed by atoms with Gasteiger partial charge in [-0.25, -0.2) is 4.98 Å². The maximum absolute atomic E-state index is 12.7. The Morgan fingerprint density at radius 3 is 2.38 bits per heavy atom. The van der Waals surface area contributed by atoms with Gasteiger partial charge in [0.15, 0.2) is 0 Å². The van der Waals surface area contributed by atoms with Gasteiger partial charge in [0.25, 0.3) is 0 Å². The van der Waals surface area contributed by atoms with Crippen molar-refractivity contribution in [3.8, 4) is 0 Å². The van der Waals surface area contributed by atoms with Crippen molar-refractivity contribution in [2.45, 2.75) is 44.5 Å². The van der Waals surface area contributed by atoms with Crippen LogP contribution >= 0.6 is 0 Å². The first-order valence-corrected chi connectivity index (χ1v) is 7.56. The standard InChI is InChI=1S/C13H20F3N3OS/c1-8(7-18-21(20)12(2,3)4)10-5-9(17)6-11(19-10)13(14,15)16/h5-6,8,18H,7H2,1-4H3,(H2,17,19)/t8?,21-/m1/s1. The van der Waals surface area contributed by atoms with E-state index in [1.54, 1.807) is 27.7 Å². The molecule has 0 bridgehead atoms. The van der Waals surface area contributed by atoms with Gasteiger partial charge in [0, 0.05) is 35.2 Å². The first-order chi connectivity index (χ1) is 9.41. The summed E-state index contributed by atoms with van der Waals surface area (Å²) in [6.45, 7) is 7.37. The quantitative estimate of drug-likeness (QED) is 0.836. The molecule has 0 aromatic carbocycles. The van der Waals surface area contributed by atoms with Crippen molar-refractivity contribution in [2.24, 2.45) is 0 Å². The smallest absolute Gasteiger partial charge is 0.433 e. The first-order valence-electron chi connectivity index (χ1n) is 6.41. The van der Waals surface area contributed by atoms with Gasteiger partial charge >= 0.3 is 6.18 Å². The Kier molecular flexibility index (Phi) is 5.51. The van der Waals surface area contributed by atoms with E-state index in [2.05, 4.69) is 9.71 Å². The fraction of sp³-hybridized carbons (Fsp3) is 0.615. The van der Waals surface area contributed by atoms with Gasteiger partial charge in [-0.05, 0) is 32.9 Å². The summed E-state index contributed by atoms with van der Waals surface area (Å²) in [5, 5.41) is 0. The zero-order valence-corrected chi connectivity index (χ0v) is 13.2. The molecule has 21 heavy (non-hydrogen) atoms. The zero-order valence-electron chi connectivity index (χ0n) is 12.4. The van der Waals surface area contributed by atoms with E-state index in [1.807, 2.05) is 0 Å². The molecule has 1 aromatic rings. The number of rotatable bonds is 4. The second-order valence-corrected chi connectivity index (χ2v) is 7.89. The molecule has 0 fully saturated rings. The molecular formula is C13H20F3N3OS. The number of anilines is 1. The van der Waals surface area contributed by atoms with Gasteiger partial charge in [0.1, 0.15) is 10.4 Å². The summed E-state index contributed by atoms with van der Waals surface area (Å²) < 4.78 is 52.3. The Labute approximate surface area is 125 Å². The number of nitrogens with two attached hydrogens (primary N) is 1. The van der Waals surface area contributed by atoms with Crippen LogP contribution in [0.25, 0.3) is 0 Å². The monoisotopic (exact) mass is 323 g/mol. The summed E-state index contributed by atoms with van der Waals surface area (Å²) in [7, 11) is 0. The maximum Gasteiger partial charge on any atom is 0.433 e. The van der Waals surface area contributed by atoms with E-state index in [-0.39, 0.29) is 23.8 Å². The molecule has 8 heteroatoms. The average Bonchev–Trinajstić information content (AvgIpc) is 2.32. The van der Waals surface area contributed by atoms with Crippen LogP contribution in [0.3, 0.4) is 0 Å². The Morgan fingerprint density at radius 1 is 1.33 bits per heavy atom. The Hall–Kier alpha value is -0.990. The van der Waals surface area contributed by atoms with Crippen molar-refractivity contribution in [2.75, 3.05) is 12.3 Å². The molecule has 1 unspecified atom stereocenters. The molecule has 0 amide bonds. The normalized spacial score (nSPS) is 15.8. The van der Waals surface area contributed by atoms with E-state index >= 15 is 0 Å². The molecule has 0 aliphatic rings. The fourth-order valence-electron chi connectivity index (χ4n) is 1.49. The van der Waals surface area contributed by atoms with Crippen molar-refractivity contribution in [1.82, 2.24) is 9.71 Å². The average molecular weight is 323 g/mol. The van der Waals surface area contributed by atoms with Crippen molar-refractivity contribution in [3.05, 3.63) is 23.5 Å². The van der Waals surface area contributed by atoms with Crippen LogP contribution in [-0.2, 0) is 17.5 Å². The minimum Gasteiger partial charge on any atom is -0.598 e. The molecule has 0 spiro atoms. The molecule has 0 aliphatic heterocycles. The summed E-state index contributed by atoms with van der Waals surface area (Å²) >= 11 is -1.29. The van der Waals surface area contributed by atoms with E-state index in [9.17, 15) is 17.7 Å². The largest absolute Gasteiger partial charge is 0.598 e. The molecule has 4 nitrogen and oxygen atoms in total.